The van der Waals surface area contributed by atoms with Gasteiger partial charge in [0, 0.05) is 18.3 Å². The molecule has 0 unspecified atom stereocenters. The van der Waals surface area contributed by atoms with Gasteiger partial charge in [0.25, 0.3) is 0 Å². The number of halogens is 6. The van der Waals surface area contributed by atoms with Crippen molar-refractivity contribution >= 4 is 0 Å². The Labute approximate surface area is 108 Å². The fraction of sp³-hybridized carbons (Fsp3) is 0.400. The molecule has 0 radical (unpaired) electrons. The molecule has 0 atom stereocenters. The molecule has 0 spiro atoms. The standard InChI is InChI=1S/C10H7F6N3O/c11-9(12,13)7-5(3-18)4-19-6(1-2-17)8(7)20-10(14,15)16/h4H,1,3,18H2. The van der Waals surface area contributed by atoms with E-state index < -0.39 is 48.1 Å². The van der Waals surface area contributed by atoms with E-state index in [9.17, 15) is 26.3 Å². The second kappa shape index (κ2) is 5.54. The first-order valence-corrected chi connectivity index (χ1v) is 5.01. The first-order valence-electron chi connectivity index (χ1n) is 5.01. The van der Waals surface area contributed by atoms with E-state index >= 15 is 0 Å². The van der Waals surface area contributed by atoms with Crippen LogP contribution >= 0.6 is 0 Å². The van der Waals surface area contributed by atoms with Gasteiger partial charge in [-0.05, 0) is 0 Å². The SMILES string of the molecule is N#CCc1ncc(CN)c(C(F)(F)F)c1OC(F)(F)F. The van der Waals surface area contributed by atoms with Crippen LogP contribution in [-0.2, 0) is 19.1 Å². The van der Waals surface area contributed by atoms with Gasteiger partial charge in [0.2, 0.25) is 0 Å². The average molecular weight is 299 g/mol. The van der Waals surface area contributed by atoms with E-state index in [1.165, 1.54) is 6.07 Å². The lowest BCUT2D eigenvalue weighted by Gasteiger charge is -2.19. The summed E-state index contributed by atoms with van der Waals surface area (Å²) in [6.07, 6.45) is -10.6. The molecule has 0 saturated carbocycles. The molecule has 20 heavy (non-hydrogen) atoms. The number of pyridine rings is 1. The van der Waals surface area contributed by atoms with Crippen LogP contribution in [-0.4, -0.2) is 11.3 Å². The summed E-state index contributed by atoms with van der Waals surface area (Å²) in [6, 6.07) is 1.42. The lowest BCUT2D eigenvalue weighted by Crippen LogP contribution is -2.23. The van der Waals surface area contributed by atoms with Crippen LogP contribution in [0.3, 0.4) is 0 Å². The van der Waals surface area contributed by atoms with Gasteiger partial charge >= 0.3 is 12.5 Å². The minimum atomic E-state index is -5.35. The van der Waals surface area contributed by atoms with Gasteiger partial charge in [0.05, 0.1) is 18.2 Å². The van der Waals surface area contributed by atoms with Gasteiger partial charge in [-0.2, -0.15) is 18.4 Å². The van der Waals surface area contributed by atoms with E-state index in [-0.39, 0.29) is 0 Å². The summed E-state index contributed by atoms with van der Waals surface area (Å²) in [6.45, 7) is -0.678. The van der Waals surface area contributed by atoms with Gasteiger partial charge in [0.1, 0.15) is 5.56 Å². The van der Waals surface area contributed by atoms with E-state index in [2.05, 4.69) is 9.72 Å². The molecule has 1 aromatic rings. The van der Waals surface area contributed by atoms with Crippen molar-refractivity contribution in [3.05, 3.63) is 23.0 Å². The third-order valence-corrected chi connectivity index (χ3v) is 2.15. The second-order valence-corrected chi connectivity index (χ2v) is 3.52. The number of nitriles is 1. The van der Waals surface area contributed by atoms with Crippen LogP contribution in [0.5, 0.6) is 5.75 Å². The summed E-state index contributed by atoms with van der Waals surface area (Å²) in [5.74, 6) is -1.53. The van der Waals surface area contributed by atoms with Gasteiger partial charge in [-0.25, -0.2) is 0 Å². The molecule has 0 saturated heterocycles. The zero-order valence-electron chi connectivity index (χ0n) is 9.64. The van der Waals surface area contributed by atoms with E-state index in [1.54, 1.807) is 0 Å². The smallest absolute Gasteiger partial charge is 0.403 e. The largest absolute Gasteiger partial charge is 0.573 e. The maximum atomic E-state index is 12.9. The maximum absolute atomic E-state index is 12.9. The molecule has 1 heterocycles. The quantitative estimate of drug-likeness (QED) is 0.870. The molecule has 0 bridgehead atoms. The summed E-state index contributed by atoms with van der Waals surface area (Å²) >= 11 is 0. The van der Waals surface area contributed by atoms with Crippen molar-refractivity contribution < 1.29 is 31.1 Å². The fourth-order valence-corrected chi connectivity index (χ4v) is 1.46. The Hall–Kier alpha value is -2.02. The van der Waals surface area contributed by atoms with E-state index in [0.29, 0.717) is 6.20 Å². The topological polar surface area (TPSA) is 71.9 Å². The summed E-state index contributed by atoms with van der Waals surface area (Å²) in [5.41, 5.74) is 1.98. The number of ether oxygens (including phenoxy) is 1. The van der Waals surface area contributed by atoms with Gasteiger partial charge in [-0.15, -0.1) is 13.2 Å². The number of hydrogen-bond donors (Lipinski definition) is 1. The average Bonchev–Trinajstić information content (AvgIpc) is 2.27. The molecule has 0 aliphatic heterocycles. The first-order chi connectivity index (χ1) is 9.10. The van der Waals surface area contributed by atoms with Crippen molar-refractivity contribution in [1.29, 1.82) is 5.26 Å². The molecule has 2 N–H and O–H groups in total. The second-order valence-electron chi connectivity index (χ2n) is 3.52. The van der Waals surface area contributed by atoms with Crippen LogP contribution in [0.25, 0.3) is 0 Å². The normalized spacial score (nSPS) is 12.1. The van der Waals surface area contributed by atoms with Crippen molar-refractivity contribution in [2.45, 2.75) is 25.5 Å². The molecule has 0 aliphatic carbocycles. The maximum Gasteiger partial charge on any atom is 0.573 e. The number of rotatable bonds is 3. The van der Waals surface area contributed by atoms with Crippen LogP contribution in [0.1, 0.15) is 16.8 Å². The molecule has 110 valence electrons. The highest BCUT2D eigenvalue weighted by molar-refractivity contribution is 5.45. The van der Waals surface area contributed by atoms with Crippen molar-refractivity contribution in [3.63, 3.8) is 0 Å². The van der Waals surface area contributed by atoms with Crippen LogP contribution in [0.2, 0.25) is 0 Å². The minimum Gasteiger partial charge on any atom is -0.403 e. The zero-order valence-corrected chi connectivity index (χ0v) is 9.64. The predicted octanol–water partition coefficient (Wildman–Crippen LogP) is 2.52. The van der Waals surface area contributed by atoms with Crippen LogP contribution in [0.4, 0.5) is 26.3 Å². The third kappa shape index (κ3) is 3.74. The Morgan fingerprint density at radius 2 is 1.85 bits per heavy atom. The monoisotopic (exact) mass is 299 g/mol. The number of hydrogen-bond acceptors (Lipinski definition) is 4. The van der Waals surface area contributed by atoms with Gasteiger partial charge in [-0.1, -0.05) is 0 Å². The summed E-state index contributed by atoms with van der Waals surface area (Å²) in [5, 5.41) is 8.43. The molecule has 10 heteroatoms. The first kappa shape index (κ1) is 16.0. The van der Waals surface area contributed by atoms with Crippen LogP contribution in [0, 0.1) is 11.3 Å². The highest BCUT2D eigenvalue weighted by Gasteiger charge is 2.42. The molecular formula is C10H7F6N3O. The molecule has 0 fully saturated rings. The minimum absolute atomic E-state index is 0.654. The van der Waals surface area contributed by atoms with Gasteiger partial charge in [-0.3, -0.25) is 4.98 Å². The van der Waals surface area contributed by atoms with Crippen molar-refractivity contribution in [2.24, 2.45) is 5.73 Å². The Morgan fingerprint density at radius 1 is 1.25 bits per heavy atom. The van der Waals surface area contributed by atoms with Gasteiger partial charge < -0.3 is 10.5 Å². The molecular weight excluding hydrogens is 292 g/mol. The molecule has 4 nitrogen and oxygen atoms in total. The van der Waals surface area contributed by atoms with Crippen molar-refractivity contribution in [2.75, 3.05) is 0 Å². The number of nitrogens with zero attached hydrogens (tertiary/aromatic N) is 2. The highest BCUT2D eigenvalue weighted by Crippen LogP contribution is 2.42. The van der Waals surface area contributed by atoms with Crippen molar-refractivity contribution in [1.82, 2.24) is 4.98 Å². The van der Waals surface area contributed by atoms with E-state index in [4.69, 9.17) is 11.0 Å². The Kier molecular flexibility index (Phi) is 4.44. The van der Waals surface area contributed by atoms with Crippen LogP contribution < -0.4 is 10.5 Å². The summed E-state index contributed by atoms with van der Waals surface area (Å²) in [4.78, 5) is 3.37. The van der Waals surface area contributed by atoms with Gasteiger partial charge in [0.15, 0.2) is 5.75 Å². The lowest BCUT2D eigenvalue weighted by atomic mass is 10.1. The Morgan fingerprint density at radius 3 is 2.25 bits per heavy atom. The van der Waals surface area contributed by atoms with Crippen LogP contribution in [0.15, 0.2) is 6.20 Å². The zero-order chi connectivity index (χ0) is 15.6. The predicted molar refractivity (Wildman–Crippen MR) is 53.1 cm³/mol. The third-order valence-electron chi connectivity index (χ3n) is 2.15. The van der Waals surface area contributed by atoms with E-state index in [1.807, 2.05) is 0 Å². The van der Waals surface area contributed by atoms with Crippen molar-refractivity contribution in [3.8, 4) is 11.8 Å². The summed E-state index contributed by atoms with van der Waals surface area (Å²) in [7, 11) is 0. The fourth-order valence-electron chi connectivity index (χ4n) is 1.46. The Balaban J connectivity index is 3.57. The van der Waals surface area contributed by atoms with E-state index in [0.717, 1.165) is 0 Å². The number of alkyl halides is 6. The lowest BCUT2D eigenvalue weighted by molar-refractivity contribution is -0.276. The molecule has 1 aromatic heterocycles. The molecule has 1 rings (SSSR count). The highest BCUT2D eigenvalue weighted by atomic mass is 19.4. The number of aromatic nitrogens is 1. The number of nitrogens with two attached hydrogens (primary N) is 1. The molecule has 0 aliphatic rings. The summed E-state index contributed by atoms with van der Waals surface area (Å²) < 4.78 is 78.7. The molecule has 0 aromatic carbocycles. The Bertz CT molecular complexity index is 532. The molecule has 0 amide bonds.